The Morgan fingerprint density at radius 2 is 1.70 bits per heavy atom. The van der Waals surface area contributed by atoms with Crippen molar-refractivity contribution in [3.63, 3.8) is 0 Å². The minimum atomic E-state index is -0.200. The molecule has 4 nitrogen and oxygen atoms in total. The van der Waals surface area contributed by atoms with Gasteiger partial charge >= 0.3 is 11.9 Å². The van der Waals surface area contributed by atoms with E-state index in [1.54, 1.807) is 6.92 Å². The Morgan fingerprint density at radius 1 is 0.963 bits per heavy atom. The van der Waals surface area contributed by atoms with Crippen LogP contribution in [0, 0.1) is 34.5 Å². The molecule has 0 aromatic heterocycles. The van der Waals surface area contributed by atoms with E-state index in [9.17, 15) is 9.59 Å². The molecule has 4 rings (SSSR count). The van der Waals surface area contributed by atoms with Gasteiger partial charge in [0.2, 0.25) is 0 Å². The van der Waals surface area contributed by atoms with Gasteiger partial charge in [0.25, 0.3) is 0 Å². The van der Waals surface area contributed by atoms with Crippen LogP contribution in [-0.4, -0.2) is 18.0 Å². The summed E-state index contributed by atoms with van der Waals surface area (Å²) in [6.07, 6.45) is 11.4. The minimum absolute atomic E-state index is 0.105. The molecule has 4 aliphatic rings. The van der Waals surface area contributed by atoms with Crippen LogP contribution in [0.15, 0.2) is 11.8 Å². The third-order valence-electron chi connectivity index (χ3n) is 8.78. The zero-order chi connectivity index (χ0) is 19.4. The maximum Gasteiger partial charge on any atom is 0.307 e. The molecule has 3 saturated carbocycles. The van der Waals surface area contributed by atoms with Crippen LogP contribution in [0.4, 0.5) is 0 Å². The summed E-state index contributed by atoms with van der Waals surface area (Å²) in [5.74, 6) is 3.34. The number of carbonyl (C=O) groups is 2. The number of rotatable bonds is 2. The van der Waals surface area contributed by atoms with Crippen molar-refractivity contribution < 1.29 is 19.1 Å². The van der Waals surface area contributed by atoms with Crippen molar-refractivity contribution in [3.05, 3.63) is 11.8 Å². The molecule has 0 radical (unpaired) electrons. The fourth-order valence-corrected chi connectivity index (χ4v) is 7.46. The van der Waals surface area contributed by atoms with Crippen molar-refractivity contribution in [2.24, 2.45) is 34.5 Å². The second-order valence-corrected chi connectivity index (χ2v) is 10.0. The van der Waals surface area contributed by atoms with E-state index in [0.29, 0.717) is 17.3 Å². The molecule has 0 amide bonds. The molecule has 0 aromatic carbocycles. The summed E-state index contributed by atoms with van der Waals surface area (Å²) in [5, 5.41) is 0. The highest BCUT2D eigenvalue weighted by Gasteiger charge is 2.60. The zero-order valence-corrected chi connectivity index (χ0v) is 17.3. The van der Waals surface area contributed by atoms with Crippen molar-refractivity contribution in [1.29, 1.82) is 0 Å². The van der Waals surface area contributed by atoms with Gasteiger partial charge in [0, 0.05) is 25.7 Å². The van der Waals surface area contributed by atoms with Crippen LogP contribution in [0.25, 0.3) is 0 Å². The molecule has 0 heterocycles. The molecule has 0 saturated heterocycles. The van der Waals surface area contributed by atoms with Gasteiger partial charge in [0.05, 0.1) is 0 Å². The standard InChI is InChI=1S/C23H34O4/c1-14(24)26-17-9-11-22(3)16(13-17)5-6-18-19-7-8-21(27-15(2)25)23(19,4)12-10-20(18)22/h9,16,18-21H,5-8,10-13H2,1-4H3/t16-,18+,19+,20+,21-,22+,23+/m1/s1. The van der Waals surface area contributed by atoms with Crippen LogP contribution >= 0.6 is 0 Å². The van der Waals surface area contributed by atoms with Crippen LogP contribution < -0.4 is 0 Å². The van der Waals surface area contributed by atoms with E-state index >= 15 is 0 Å². The number of carbonyl (C=O) groups excluding carboxylic acids is 2. The molecule has 0 bridgehead atoms. The molecule has 7 atom stereocenters. The molecule has 27 heavy (non-hydrogen) atoms. The molecule has 0 spiro atoms. The lowest BCUT2D eigenvalue weighted by Gasteiger charge is -2.59. The number of hydrogen-bond acceptors (Lipinski definition) is 4. The van der Waals surface area contributed by atoms with Gasteiger partial charge in [0.15, 0.2) is 0 Å². The van der Waals surface area contributed by atoms with Crippen LogP contribution in [0.1, 0.15) is 79.1 Å². The summed E-state index contributed by atoms with van der Waals surface area (Å²) in [6.45, 7) is 7.90. The third kappa shape index (κ3) is 3.03. The maximum absolute atomic E-state index is 11.6. The van der Waals surface area contributed by atoms with Gasteiger partial charge in [-0.25, -0.2) is 0 Å². The van der Waals surface area contributed by atoms with Gasteiger partial charge in [-0.3, -0.25) is 9.59 Å². The van der Waals surface area contributed by atoms with Crippen LogP contribution in [-0.2, 0) is 19.1 Å². The normalized spacial score (nSPS) is 45.8. The molecule has 0 N–H and O–H groups in total. The van der Waals surface area contributed by atoms with Gasteiger partial charge < -0.3 is 9.47 Å². The predicted molar refractivity (Wildman–Crippen MR) is 103 cm³/mol. The van der Waals surface area contributed by atoms with Gasteiger partial charge in [-0.2, -0.15) is 0 Å². The van der Waals surface area contributed by atoms with Gasteiger partial charge in [-0.15, -0.1) is 0 Å². The van der Waals surface area contributed by atoms with E-state index in [0.717, 1.165) is 36.9 Å². The quantitative estimate of drug-likeness (QED) is 0.637. The minimum Gasteiger partial charge on any atom is -0.462 e. The second kappa shape index (κ2) is 6.63. The molecule has 0 aliphatic heterocycles. The molecule has 0 aromatic rings. The second-order valence-electron chi connectivity index (χ2n) is 10.0. The molecule has 150 valence electrons. The van der Waals surface area contributed by atoms with E-state index in [-0.39, 0.29) is 23.5 Å². The fraction of sp³-hybridized carbons (Fsp3) is 0.826. The van der Waals surface area contributed by atoms with Crippen molar-refractivity contribution in [2.75, 3.05) is 0 Å². The van der Waals surface area contributed by atoms with E-state index in [2.05, 4.69) is 19.9 Å². The summed E-state index contributed by atoms with van der Waals surface area (Å²) in [5.41, 5.74) is 0.469. The van der Waals surface area contributed by atoms with Gasteiger partial charge in [0.1, 0.15) is 11.9 Å². The van der Waals surface area contributed by atoms with Crippen molar-refractivity contribution in [2.45, 2.75) is 85.2 Å². The van der Waals surface area contributed by atoms with Gasteiger partial charge in [-0.1, -0.05) is 13.8 Å². The average Bonchev–Trinajstić information content (AvgIpc) is 2.91. The first-order chi connectivity index (χ1) is 12.7. The molecule has 4 heteroatoms. The molecular weight excluding hydrogens is 340 g/mol. The van der Waals surface area contributed by atoms with Crippen molar-refractivity contribution in [1.82, 2.24) is 0 Å². The first kappa shape index (κ1) is 19.0. The van der Waals surface area contributed by atoms with Crippen LogP contribution in [0.2, 0.25) is 0 Å². The molecule has 4 aliphatic carbocycles. The number of hydrogen-bond donors (Lipinski definition) is 0. The van der Waals surface area contributed by atoms with Crippen molar-refractivity contribution in [3.8, 4) is 0 Å². The first-order valence-corrected chi connectivity index (χ1v) is 10.8. The summed E-state index contributed by atoms with van der Waals surface area (Å²) in [4.78, 5) is 22.9. The van der Waals surface area contributed by atoms with E-state index in [1.807, 2.05) is 0 Å². The largest absolute Gasteiger partial charge is 0.462 e. The Bertz CT molecular complexity index is 667. The Labute approximate surface area is 163 Å². The highest BCUT2D eigenvalue weighted by molar-refractivity contribution is 5.67. The number of esters is 2. The summed E-state index contributed by atoms with van der Waals surface area (Å²) in [6, 6.07) is 0. The fourth-order valence-electron chi connectivity index (χ4n) is 7.46. The highest BCUT2D eigenvalue weighted by Crippen LogP contribution is 2.66. The molecular formula is C23H34O4. The van der Waals surface area contributed by atoms with Crippen LogP contribution in [0.3, 0.4) is 0 Å². The lowest BCUT2D eigenvalue weighted by molar-refractivity contribution is -0.160. The Balaban J connectivity index is 1.55. The van der Waals surface area contributed by atoms with E-state index < -0.39 is 0 Å². The summed E-state index contributed by atoms with van der Waals surface area (Å²) in [7, 11) is 0. The third-order valence-corrected chi connectivity index (χ3v) is 8.78. The molecule has 3 fully saturated rings. The lowest BCUT2D eigenvalue weighted by Crippen LogP contribution is -2.53. The van der Waals surface area contributed by atoms with E-state index in [4.69, 9.17) is 9.47 Å². The topological polar surface area (TPSA) is 52.6 Å². The summed E-state index contributed by atoms with van der Waals surface area (Å²) < 4.78 is 11.2. The zero-order valence-electron chi connectivity index (χ0n) is 17.3. The number of allylic oxidation sites excluding steroid dienone is 2. The van der Waals surface area contributed by atoms with Crippen molar-refractivity contribution >= 4 is 11.9 Å². The Hall–Kier alpha value is -1.32. The average molecular weight is 375 g/mol. The monoisotopic (exact) mass is 374 g/mol. The smallest absolute Gasteiger partial charge is 0.307 e. The number of ether oxygens (including phenoxy) is 2. The molecule has 0 unspecified atom stereocenters. The van der Waals surface area contributed by atoms with Gasteiger partial charge in [-0.05, 0) is 80.1 Å². The lowest BCUT2D eigenvalue weighted by atomic mass is 9.46. The predicted octanol–water partition coefficient (Wildman–Crippen LogP) is 5.02. The van der Waals surface area contributed by atoms with Crippen LogP contribution in [0.5, 0.6) is 0 Å². The SMILES string of the molecule is CC(=O)OC1=CC[C@@]2(C)[C@H](CC[C@@H]3[C@@H]2CC[C@]2(C)[C@H](OC(C)=O)CC[C@@H]32)C1. The number of fused-ring (bicyclic) bond motifs is 5. The summed E-state index contributed by atoms with van der Waals surface area (Å²) >= 11 is 0. The highest BCUT2D eigenvalue weighted by atomic mass is 16.5. The van der Waals surface area contributed by atoms with E-state index in [1.165, 1.54) is 39.0 Å². The maximum atomic E-state index is 11.6. The Kier molecular flexibility index (Phi) is 4.67. The first-order valence-electron chi connectivity index (χ1n) is 10.8. The Morgan fingerprint density at radius 3 is 2.41 bits per heavy atom.